The molecular weight excluding hydrogens is 870 g/mol. The Labute approximate surface area is 355 Å². The maximum atomic E-state index is 14.1. The lowest BCUT2D eigenvalue weighted by molar-refractivity contribution is -0.167. The van der Waals surface area contributed by atoms with Crippen molar-refractivity contribution in [2.24, 2.45) is 0 Å². The molecule has 3 aromatic carbocycles. The van der Waals surface area contributed by atoms with Crippen LogP contribution < -0.4 is 25.8 Å². The summed E-state index contributed by atoms with van der Waals surface area (Å²) in [5, 5.41) is 15.4. The third kappa shape index (κ3) is 10.8. The molecule has 3 aromatic rings. The zero-order valence-corrected chi connectivity index (χ0v) is 36.0. The number of nitrogens with one attached hydrogen (secondary N) is 3. The molecule has 22 heteroatoms. The summed E-state index contributed by atoms with van der Waals surface area (Å²) in [6, 6.07) is 13.4. The third-order valence-corrected chi connectivity index (χ3v) is 13.9. The number of benzene rings is 3. The van der Waals surface area contributed by atoms with Gasteiger partial charge in [0.1, 0.15) is 11.5 Å². The largest absolute Gasteiger partial charge is 0.471 e. The first kappa shape index (κ1) is 48.4. The number of unbranched alkanes of at least 4 members (excludes halogenated alkanes) is 3. The normalized spacial score (nSPS) is 15.6. The van der Waals surface area contributed by atoms with Gasteiger partial charge < -0.3 is 33.7 Å². The fourth-order valence-electron chi connectivity index (χ4n) is 6.98. The van der Waals surface area contributed by atoms with Crippen molar-refractivity contribution in [1.82, 2.24) is 9.76 Å². The van der Waals surface area contributed by atoms with Crippen LogP contribution in [0.5, 0.6) is 11.5 Å². The fraction of sp³-hybridized carbons (Fsp3) is 0.450. The van der Waals surface area contributed by atoms with Crippen LogP contribution >= 0.6 is 16.0 Å². The Hall–Kier alpha value is -4.60. The van der Waals surface area contributed by atoms with Crippen LogP contribution in [0.4, 0.5) is 37.7 Å². The van der Waals surface area contributed by atoms with E-state index in [-0.39, 0.29) is 82.1 Å². The Bertz CT molecular complexity index is 2150. The van der Waals surface area contributed by atoms with Gasteiger partial charge in [-0.25, -0.2) is 14.6 Å². The maximum Gasteiger partial charge on any atom is 0.471 e. The average molecular weight is 916 g/mol. The molecule has 2 aliphatic heterocycles. The summed E-state index contributed by atoms with van der Waals surface area (Å²) in [6.07, 6.45) is -7.37. The lowest BCUT2D eigenvalue weighted by Gasteiger charge is -2.37. The number of hydrogen-bond donors (Lipinski definition) is 3. The monoisotopic (exact) mass is 915 g/mol. The van der Waals surface area contributed by atoms with Crippen molar-refractivity contribution in [3.63, 3.8) is 0 Å². The van der Waals surface area contributed by atoms with E-state index in [0.717, 1.165) is 43.5 Å². The standard InChI is InChI=1S/C40H45F6N5O9P2/c1-24(2)51(25(3)4)61(58-20-10-17-47)57-19-9-7-6-8-18-48-62(55,56-5)28-13-16-30-29(23-28)35(52)60-38(30)31-14-11-26(49-36(53)39(41,42)43)21-33(31)59-34-22-27(12-15-32(34)38)50-37(54)40(44,45)46/h11-16,21-25H,6-10,18-20H2,1-5H3,(H,48,55)(H,49,53)(H,50,54). The van der Waals surface area contributed by atoms with E-state index < -0.39 is 51.8 Å². The van der Waals surface area contributed by atoms with Gasteiger partial charge in [-0.3, -0.25) is 14.2 Å². The Balaban J connectivity index is 1.34. The number of rotatable bonds is 19. The minimum atomic E-state index is -5.25. The summed E-state index contributed by atoms with van der Waals surface area (Å²) in [6.45, 7) is 9.19. The van der Waals surface area contributed by atoms with E-state index in [2.05, 4.69) is 43.5 Å². The Morgan fingerprint density at radius 1 is 0.823 bits per heavy atom. The van der Waals surface area contributed by atoms with Crippen molar-refractivity contribution in [3.8, 4) is 17.6 Å². The highest BCUT2D eigenvalue weighted by Crippen LogP contribution is 2.57. The molecular formula is C40H45F6N5O9P2. The summed E-state index contributed by atoms with van der Waals surface area (Å²) in [5.74, 6) is -5.99. The number of anilines is 2. The summed E-state index contributed by atoms with van der Waals surface area (Å²) in [7, 11) is -3.91. The molecule has 2 amide bonds. The minimum absolute atomic E-state index is 0.0701. The first-order chi connectivity index (χ1) is 29.2. The Kier molecular flexibility index (Phi) is 15.5. The van der Waals surface area contributed by atoms with Crippen LogP contribution in [0.3, 0.4) is 0 Å². The van der Waals surface area contributed by atoms with Crippen LogP contribution in [0.25, 0.3) is 0 Å². The second kappa shape index (κ2) is 19.8. The maximum absolute atomic E-state index is 14.1. The fourth-order valence-corrected chi connectivity index (χ4v) is 10.2. The number of carbonyl (C=O) groups is 3. The number of hydrogen-bond acceptors (Lipinski definition) is 11. The van der Waals surface area contributed by atoms with Gasteiger partial charge in [0.25, 0.3) is 16.0 Å². The SMILES string of the molecule is COP(=O)(NCCCCCCOP(OCCC#N)N(C(C)C)C(C)C)c1ccc2c(c1)C(=O)OC21c2ccc(NC(=O)C(F)(F)F)cc2Oc2cc(NC(=O)C(F)(F)F)ccc21. The molecule has 2 atom stereocenters. The van der Waals surface area contributed by atoms with E-state index >= 15 is 0 Å². The molecule has 0 fully saturated rings. The molecule has 62 heavy (non-hydrogen) atoms. The lowest BCUT2D eigenvalue weighted by atomic mass is 9.77. The Morgan fingerprint density at radius 3 is 1.87 bits per heavy atom. The number of carbonyl (C=O) groups excluding carboxylic acids is 3. The van der Waals surface area contributed by atoms with E-state index in [1.165, 1.54) is 37.4 Å². The summed E-state index contributed by atoms with van der Waals surface area (Å²) >= 11 is 0. The predicted molar refractivity (Wildman–Crippen MR) is 216 cm³/mol. The number of amides is 2. The van der Waals surface area contributed by atoms with Crippen molar-refractivity contribution in [2.75, 3.05) is 37.5 Å². The first-order valence-corrected chi connectivity index (χ1v) is 22.2. The smallest absolute Gasteiger partial charge is 0.456 e. The summed E-state index contributed by atoms with van der Waals surface area (Å²) in [5.41, 5.74) is -2.44. The highest BCUT2D eigenvalue weighted by atomic mass is 31.2. The highest BCUT2D eigenvalue weighted by Gasteiger charge is 2.54. The van der Waals surface area contributed by atoms with Gasteiger partial charge in [-0.1, -0.05) is 18.9 Å². The number of fused-ring (bicyclic) bond motifs is 6. The zero-order valence-electron chi connectivity index (χ0n) is 34.2. The van der Waals surface area contributed by atoms with Crippen LogP contribution in [0, 0.1) is 11.3 Å². The Morgan fingerprint density at radius 2 is 1.35 bits per heavy atom. The molecule has 3 N–H and O–H groups in total. The molecule has 0 radical (unpaired) electrons. The zero-order chi connectivity index (χ0) is 45.6. The van der Waals surface area contributed by atoms with Crippen molar-refractivity contribution >= 4 is 50.5 Å². The predicted octanol–water partition coefficient (Wildman–Crippen LogP) is 9.16. The second-order valence-electron chi connectivity index (χ2n) is 14.7. The number of nitriles is 1. The van der Waals surface area contributed by atoms with Crippen molar-refractivity contribution in [3.05, 3.63) is 76.9 Å². The first-order valence-electron chi connectivity index (χ1n) is 19.4. The number of ether oxygens (including phenoxy) is 2. The number of halogens is 6. The molecule has 0 aromatic heterocycles. The molecule has 0 saturated heterocycles. The number of nitrogens with zero attached hydrogens (tertiary/aromatic N) is 2. The van der Waals surface area contributed by atoms with Gasteiger partial charge in [-0.15, -0.1) is 0 Å². The van der Waals surface area contributed by atoms with Gasteiger partial charge >= 0.3 is 30.1 Å². The van der Waals surface area contributed by atoms with Crippen LogP contribution in [0.1, 0.15) is 86.8 Å². The quantitative estimate of drug-likeness (QED) is 0.0451. The van der Waals surface area contributed by atoms with E-state index in [1.807, 2.05) is 0 Å². The molecule has 0 aliphatic carbocycles. The van der Waals surface area contributed by atoms with Crippen LogP contribution in [-0.4, -0.2) is 73.8 Å². The summed E-state index contributed by atoms with van der Waals surface area (Å²) < 4.78 is 124. The van der Waals surface area contributed by atoms with Crippen molar-refractivity contribution in [2.45, 2.75) is 89.8 Å². The van der Waals surface area contributed by atoms with Gasteiger partial charge in [0, 0.05) is 65.9 Å². The van der Waals surface area contributed by atoms with Crippen molar-refractivity contribution in [1.29, 1.82) is 5.26 Å². The molecule has 2 heterocycles. The van der Waals surface area contributed by atoms with E-state index in [0.29, 0.717) is 13.0 Å². The molecule has 0 bridgehead atoms. The van der Waals surface area contributed by atoms with Gasteiger partial charge in [0.05, 0.1) is 36.6 Å². The molecule has 14 nitrogen and oxygen atoms in total. The van der Waals surface area contributed by atoms with Gasteiger partial charge in [0.2, 0.25) is 0 Å². The van der Waals surface area contributed by atoms with Crippen molar-refractivity contribution < 1.29 is 68.3 Å². The molecule has 2 unspecified atom stereocenters. The highest BCUT2D eigenvalue weighted by molar-refractivity contribution is 7.65. The molecule has 336 valence electrons. The van der Waals surface area contributed by atoms with E-state index in [9.17, 15) is 45.3 Å². The molecule has 2 aliphatic rings. The van der Waals surface area contributed by atoms with E-state index in [4.69, 9.17) is 28.3 Å². The van der Waals surface area contributed by atoms with Crippen LogP contribution in [-0.2, 0) is 38.1 Å². The summed E-state index contributed by atoms with van der Waals surface area (Å²) in [4.78, 5) is 37.2. The molecule has 0 saturated carbocycles. The van der Waals surface area contributed by atoms with Gasteiger partial charge in [0.15, 0.2) is 5.60 Å². The second-order valence-corrected chi connectivity index (χ2v) is 18.4. The third-order valence-electron chi connectivity index (χ3n) is 9.67. The van der Waals surface area contributed by atoms with Gasteiger partial charge in [-0.2, -0.15) is 31.6 Å². The molecule has 5 rings (SSSR count). The number of esters is 1. The topological polar surface area (TPSA) is 178 Å². The van der Waals surface area contributed by atoms with Crippen LogP contribution in [0.2, 0.25) is 0 Å². The molecule has 1 spiro atoms. The van der Waals surface area contributed by atoms with Gasteiger partial charge in [-0.05, 0) is 76.9 Å². The van der Waals surface area contributed by atoms with Crippen LogP contribution in [0.15, 0.2) is 54.6 Å². The minimum Gasteiger partial charge on any atom is -0.456 e. The average Bonchev–Trinajstić information content (AvgIpc) is 3.48. The van der Waals surface area contributed by atoms with E-state index in [1.54, 1.807) is 10.6 Å². The number of alkyl halides is 6. The lowest BCUT2D eigenvalue weighted by Crippen LogP contribution is -2.34.